The first-order valence-electron chi connectivity index (χ1n) is 4.10. The number of carboxylic acid groups (broad SMARTS) is 1. The molecule has 0 radical (unpaired) electrons. The molecule has 0 spiro atoms. The van der Waals surface area contributed by atoms with Gasteiger partial charge in [-0.15, -0.1) is 0 Å². The number of nitrogens with two attached hydrogens (primary N) is 1. The van der Waals surface area contributed by atoms with Crippen molar-refractivity contribution >= 4 is 5.97 Å². The van der Waals surface area contributed by atoms with Crippen LogP contribution in [0.2, 0.25) is 0 Å². The van der Waals surface area contributed by atoms with Crippen molar-refractivity contribution in [3.8, 4) is 0 Å². The van der Waals surface area contributed by atoms with Crippen LogP contribution in [0.4, 0.5) is 0 Å². The van der Waals surface area contributed by atoms with Gasteiger partial charge in [0.1, 0.15) is 0 Å². The number of hydrogen-bond acceptors (Lipinski definition) is 3. The molecular formula is C8H15NO3. The molecule has 2 atom stereocenters. The highest BCUT2D eigenvalue weighted by molar-refractivity contribution is 5.78. The highest BCUT2D eigenvalue weighted by Gasteiger charge is 2.58. The first-order valence-corrected chi connectivity index (χ1v) is 4.10. The highest BCUT2D eigenvalue weighted by Crippen LogP contribution is 2.53. The number of carboxylic acids is 1. The molecule has 0 aromatic rings. The van der Waals surface area contributed by atoms with Crippen molar-refractivity contribution in [2.75, 3.05) is 20.3 Å². The van der Waals surface area contributed by atoms with Gasteiger partial charge < -0.3 is 15.6 Å². The predicted molar refractivity (Wildman–Crippen MR) is 43.7 cm³/mol. The van der Waals surface area contributed by atoms with Gasteiger partial charge in [0.2, 0.25) is 0 Å². The van der Waals surface area contributed by atoms with E-state index in [1.807, 2.05) is 0 Å². The van der Waals surface area contributed by atoms with Gasteiger partial charge in [0.05, 0.1) is 5.41 Å². The van der Waals surface area contributed by atoms with Gasteiger partial charge in [0, 0.05) is 20.3 Å². The molecule has 0 amide bonds. The maximum Gasteiger partial charge on any atom is 0.311 e. The maximum absolute atomic E-state index is 10.8. The predicted octanol–water partition coefficient (Wildman–Crippen LogP) is 0.0725. The fourth-order valence-corrected chi connectivity index (χ4v) is 1.62. The third-order valence-corrected chi connectivity index (χ3v) is 2.69. The smallest absolute Gasteiger partial charge is 0.311 e. The summed E-state index contributed by atoms with van der Waals surface area (Å²) in [6.45, 7) is 0.871. The van der Waals surface area contributed by atoms with Crippen LogP contribution in [-0.4, -0.2) is 31.3 Å². The first kappa shape index (κ1) is 9.48. The summed E-state index contributed by atoms with van der Waals surface area (Å²) in [5.74, 6) is -0.536. The van der Waals surface area contributed by atoms with E-state index in [1.165, 1.54) is 0 Å². The minimum atomic E-state index is -0.758. The van der Waals surface area contributed by atoms with Crippen LogP contribution in [0, 0.1) is 11.3 Å². The fourth-order valence-electron chi connectivity index (χ4n) is 1.62. The Labute approximate surface area is 71.7 Å². The van der Waals surface area contributed by atoms with Gasteiger partial charge in [-0.2, -0.15) is 0 Å². The molecule has 3 N–H and O–H groups in total. The van der Waals surface area contributed by atoms with Gasteiger partial charge in [0.15, 0.2) is 0 Å². The Balaban J connectivity index is 2.39. The molecule has 1 aliphatic rings. The van der Waals surface area contributed by atoms with Crippen LogP contribution in [0.15, 0.2) is 0 Å². The molecule has 4 heteroatoms. The van der Waals surface area contributed by atoms with E-state index in [4.69, 9.17) is 15.6 Å². The molecule has 0 saturated heterocycles. The molecule has 4 nitrogen and oxygen atoms in total. The zero-order valence-corrected chi connectivity index (χ0v) is 7.25. The van der Waals surface area contributed by atoms with Gasteiger partial charge in [-0.1, -0.05) is 0 Å². The number of hydrogen-bond donors (Lipinski definition) is 2. The molecule has 0 bridgehead atoms. The quantitative estimate of drug-likeness (QED) is 0.617. The Morgan fingerprint density at radius 3 is 2.83 bits per heavy atom. The minimum absolute atomic E-state index is 0.222. The van der Waals surface area contributed by atoms with Crippen molar-refractivity contribution in [3.05, 3.63) is 0 Å². The number of ether oxygens (including phenoxy) is 1. The number of rotatable bonds is 5. The molecule has 12 heavy (non-hydrogen) atoms. The molecule has 1 rings (SSSR count). The maximum atomic E-state index is 10.8. The summed E-state index contributed by atoms with van der Waals surface area (Å²) in [4.78, 5) is 10.8. The minimum Gasteiger partial charge on any atom is -0.481 e. The van der Waals surface area contributed by atoms with Crippen LogP contribution in [0.3, 0.4) is 0 Å². The number of carbonyl (C=O) groups is 1. The average Bonchev–Trinajstić information content (AvgIpc) is 2.76. The lowest BCUT2D eigenvalue weighted by atomic mass is 10.0. The summed E-state index contributed by atoms with van der Waals surface area (Å²) in [5.41, 5.74) is 4.78. The second-order valence-electron chi connectivity index (χ2n) is 3.35. The van der Waals surface area contributed by atoms with Crippen molar-refractivity contribution < 1.29 is 14.6 Å². The third-order valence-electron chi connectivity index (χ3n) is 2.69. The Kier molecular flexibility index (Phi) is 2.69. The summed E-state index contributed by atoms with van der Waals surface area (Å²) in [7, 11) is 1.62. The molecule has 0 aromatic carbocycles. The molecule has 70 valence electrons. The van der Waals surface area contributed by atoms with Crippen molar-refractivity contribution in [3.63, 3.8) is 0 Å². The van der Waals surface area contributed by atoms with Gasteiger partial charge in [-0.05, 0) is 18.8 Å². The fraction of sp³-hybridized carbons (Fsp3) is 0.875. The molecule has 1 saturated carbocycles. The van der Waals surface area contributed by atoms with Crippen LogP contribution in [-0.2, 0) is 9.53 Å². The molecule has 1 fully saturated rings. The van der Waals surface area contributed by atoms with Crippen LogP contribution in [0.1, 0.15) is 12.8 Å². The summed E-state index contributed by atoms with van der Waals surface area (Å²) in [5, 5.41) is 8.85. The third kappa shape index (κ3) is 1.44. The lowest BCUT2D eigenvalue weighted by molar-refractivity contribution is -0.143. The molecule has 0 aromatic heterocycles. The summed E-state index contributed by atoms with van der Waals surface area (Å²) >= 11 is 0. The summed E-state index contributed by atoms with van der Waals surface area (Å²) in [6.07, 6.45) is 1.52. The lowest BCUT2D eigenvalue weighted by Gasteiger charge is -2.07. The second-order valence-corrected chi connectivity index (χ2v) is 3.35. The van der Waals surface area contributed by atoms with Crippen molar-refractivity contribution in [2.45, 2.75) is 12.8 Å². The second kappa shape index (κ2) is 3.41. The van der Waals surface area contributed by atoms with Crippen molar-refractivity contribution in [2.24, 2.45) is 17.1 Å². The van der Waals surface area contributed by atoms with E-state index in [0.29, 0.717) is 13.0 Å². The standard InChI is InChI=1S/C8H15NO3/c1-12-3-2-6-4-8(6,5-9)7(10)11/h6H,2-5,9H2,1H3,(H,10,11). The zero-order valence-electron chi connectivity index (χ0n) is 7.25. The summed E-state index contributed by atoms with van der Waals surface area (Å²) < 4.78 is 4.88. The monoisotopic (exact) mass is 173 g/mol. The van der Waals surface area contributed by atoms with Crippen LogP contribution in [0.5, 0.6) is 0 Å². The Morgan fingerprint density at radius 1 is 1.83 bits per heavy atom. The van der Waals surface area contributed by atoms with E-state index in [1.54, 1.807) is 7.11 Å². The van der Waals surface area contributed by atoms with Gasteiger partial charge in [-0.25, -0.2) is 0 Å². The molecule has 0 heterocycles. The SMILES string of the molecule is COCCC1CC1(CN)C(=O)O. The van der Waals surface area contributed by atoms with Crippen molar-refractivity contribution in [1.29, 1.82) is 0 Å². The van der Waals surface area contributed by atoms with E-state index in [2.05, 4.69) is 0 Å². The van der Waals surface area contributed by atoms with E-state index in [-0.39, 0.29) is 12.5 Å². The average molecular weight is 173 g/mol. The largest absolute Gasteiger partial charge is 0.481 e. The van der Waals surface area contributed by atoms with Crippen LogP contribution >= 0.6 is 0 Å². The first-order chi connectivity index (χ1) is 5.67. The van der Waals surface area contributed by atoms with E-state index >= 15 is 0 Å². The van der Waals surface area contributed by atoms with E-state index < -0.39 is 11.4 Å². The molecule has 1 aliphatic carbocycles. The number of aliphatic carboxylic acids is 1. The van der Waals surface area contributed by atoms with Gasteiger partial charge in [-0.3, -0.25) is 4.79 Å². The topological polar surface area (TPSA) is 72.5 Å². The highest BCUT2D eigenvalue weighted by atomic mass is 16.5. The van der Waals surface area contributed by atoms with Gasteiger partial charge >= 0.3 is 5.97 Å². The van der Waals surface area contributed by atoms with Crippen LogP contribution < -0.4 is 5.73 Å². The van der Waals surface area contributed by atoms with Crippen molar-refractivity contribution in [1.82, 2.24) is 0 Å². The number of methoxy groups -OCH3 is 1. The van der Waals surface area contributed by atoms with E-state index in [9.17, 15) is 4.79 Å². The lowest BCUT2D eigenvalue weighted by Crippen LogP contribution is -2.27. The Morgan fingerprint density at radius 2 is 2.50 bits per heavy atom. The van der Waals surface area contributed by atoms with Gasteiger partial charge in [0.25, 0.3) is 0 Å². The molecule has 0 aliphatic heterocycles. The Bertz CT molecular complexity index is 183. The van der Waals surface area contributed by atoms with Crippen LogP contribution in [0.25, 0.3) is 0 Å². The normalized spacial score (nSPS) is 33.3. The van der Waals surface area contributed by atoms with E-state index in [0.717, 1.165) is 6.42 Å². The molecular weight excluding hydrogens is 158 g/mol. The zero-order chi connectivity index (χ0) is 9.19. The molecule has 2 unspecified atom stereocenters. The summed E-state index contributed by atoms with van der Waals surface area (Å²) in [6, 6.07) is 0. The Hall–Kier alpha value is -0.610.